The minimum atomic E-state index is 0.534. The summed E-state index contributed by atoms with van der Waals surface area (Å²) >= 11 is 5.86. The van der Waals surface area contributed by atoms with Crippen molar-refractivity contribution in [2.75, 3.05) is 38.6 Å². The predicted molar refractivity (Wildman–Crippen MR) is 79.6 cm³/mol. The highest BCUT2D eigenvalue weighted by molar-refractivity contribution is 6.17. The van der Waals surface area contributed by atoms with Crippen LogP contribution in [0.1, 0.15) is 24.6 Å². The van der Waals surface area contributed by atoms with Gasteiger partial charge in [-0.05, 0) is 52.5 Å². The molecule has 0 radical (unpaired) electrons. The fraction of sp³-hybridized carbons (Fsp3) is 0.643. The van der Waals surface area contributed by atoms with Crippen LogP contribution in [0.5, 0.6) is 0 Å². The van der Waals surface area contributed by atoms with Gasteiger partial charge >= 0.3 is 0 Å². The number of hydrogen-bond donors (Lipinski definition) is 0. The normalized spacial score (nSPS) is 11.0. The van der Waals surface area contributed by atoms with Gasteiger partial charge in [0.2, 0.25) is 0 Å². The molecule has 0 bridgehead atoms. The van der Waals surface area contributed by atoms with E-state index in [1.54, 1.807) is 0 Å². The first-order valence-electron chi connectivity index (χ1n) is 6.50. The van der Waals surface area contributed by atoms with E-state index in [2.05, 4.69) is 47.9 Å². The van der Waals surface area contributed by atoms with Crippen LogP contribution in [0.2, 0.25) is 0 Å². The summed E-state index contributed by atoms with van der Waals surface area (Å²) in [5, 5.41) is 0. The molecule has 0 fully saturated rings. The molecule has 1 aromatic rings. The molecule has 0 unspecified atom stereocenters. The quantitative estimate of drug-likeness (QED) is 0.710. The van der Waals surface area contributed by atoms with Crippen LogP contribution in [-0.2, 0) is 5.88 Å². The van der Waals surface area contributed by atoms with E-state index >= 15 is 0 Å². The van der Waals surface area contributed by atoms with Gasteiger partial charge in [-0.15, -0.1) is 11.6 Å². The second kappa shape index (κ2) is 7.59. The summed E-state index contributed by atoms with van der Waals surface area (Å²) in [6.07, 6.45) is 1.15. The maximum absolute atomic E-state index is 5.86. The van der Waals surface area contributed by atoms with Gasteiger partial charge in [-0.25, -0.2) is 4.98 Å². The van der Waals surface area contributed by atoms with Crippen molar-refractivity contribution in [2.45, 2.75) is 26.1 Å². The first-order chi connectivity index (χ1) is 8.58. The zero-order chi connectivity index (χ0) is 13.5. The summed E-state index contributed by atoms with van der Waals surface area (Å²) in [7, 11) is 4.21. The molecule has 0 spiro atoms. The van der Waals surface area contributed by atoms with Crippen LogP contribution in [0.15, 0.2) is 12.1 Å². The van der Waals surface area contributed by atoms with Gasteiger partial charge < -0.3 is 9.80 Å². The highest BCUT2D eigenvalue weighted by Crippen LogP contribution is 2.16. The van der Waals surface area contributed by atoms with E-state index in [0.29, 0.717) is 5.88 Å². The Balaban J connectivity index is 2.67. The standard InChI is InChI=1S/C14H24ClN3/c1-5-18(10-6-9-17(3)4)14-8-7-13(11-15)12(2)16-14/h7-8H,5-6,9-11H2,1-4H3. The van der Waals surface area contributed by atoms with Crippen molar-refractivity contribution in [1.82, 2.24) is 9.88 Å². The number of aromatic nitrogens is 1. The molecular formula is C14H24ClN3. The minimum Gasteiger partial charge on any atom is -0.357 e. The lowest BCUT2D eigenvalue weighted by Crippen LogP contribution is -2.27. The summed E-state index contributed by atoms with van der Waals surface area (Å²) in [6.45, 7) is 7.33. The van der Waals surface area contributed by atoms with E-state index in [0.717, 1.165) is 43.1 Å². The Morgan fingerprint density at radius 3 is 2.44 bits per heavy atom. The van der Waals surface area contributed by atoms with Gasteiger partial charge in [0, 0.05) is 24.7 Å². The molecule has 18 heavy (non-hydrogen) atoms. The minimum absolute atomic E-state index is 0.534. The van der Waals surface area contributed by atoms with Crippen LogP contribution >= 0.6 is 11.6 Å². The molecule has 0 aromatic carbocycles. The smallest absolute Gasteiger partial charge is 0.128 e. The summed E-state index contributed by atoms with van der Waals surface area (Å²) < 4.78 is 0. The number of anilines is 1. The monoisotopic (exact) mass is 269 g/mol. The van der Waals surface area contributed by atoms with Crippen LogP contribution < -0.4 is 4.90 Å². The van der Waals surface area contributed by atoms with Crippen LogP contribution in [0.25, 0.3) is 0 Å². The third kappa shape index (κ3) is 4.46. The molecule has 4 heteroatoms. The molecule has 3 nitrogen and oxygen atoms in total. The van der Waals surface area contributed by atoms with Gasteiger partial charge in [-0.3, -0.25) is 0 Å². The molecule has 102 valence electrons. The van der Waals surface area contributed by atoms with Crippen molar-refractivity contribution in [3.8, 4) is 0 Å². The Hall–Kier alpha value is -0.800. The number of alkyl halides is 1. The highest BCUT2D eigenvalue weighted by Gasteiger charge is 2.07. The summed E-state index contributed by atoms with van der Waals surface area (Å²) in [5.41, 5.74) is 2.15. The zero-order valence-electron chi connectivity index (χ0n) is 11.9. The number of aryl methyl sites for hydroxylation is 1. The highest BCUT2D eigenvalue weighted by atomic mass is 35.5. The van der Waals surface area contributed by atoms with E-state index in [1.165, 1.54) is 0 Å². The van der Waals surface area contributed by atoms with E-state index in [4.69, 9.17) is 11.6 Å². The number of halogens is 1. The fourth-order valence-corrected chi connectivity index (χ4v) is 2.19. The van der Waals surface area contributed by atoms with Crippen LogP contribution in [0.4, 0.5) is 5.82 Å². The maximum Gasteiger partial charge on any atom is 0.128 e. The molecule has 1 heterocycles. The number of hydrogen-bond acceptors (Lipinski definition) is 3. The van der Waals surface area contributed by atoms with Crippen LogP contribution in [0, 0.1) is 6.92 Å². The van der Waals surface area contributed by atoms with E-state index in [9.17, 15) is 0 Å². The largest absolute Gasteiger partial charge is 0.357 e. The third-order valence-electron chi connectivity index (χ3n) is 3.06. The zero-order valence-corrected chi connectivity index (χ0v) is 12.7. The lowest BCUT2D eigenvalue weighted by molar-refractivity contribution is 0.400. The molecule has 0 amide bonds. The van der Waals surface area contributed by atoms with Crippen molar-refractivity contribution in [3.05, 3.63) is 23.4 Å². The molecule has 0 aliphatic heterocycles. The molecule has 0 saturated carbocycles. The fourth-order valence-electron chi connectivity index (χ4n) is 1.91. The van der Waals surface area contributed by atoms with E-state index in [1.807, 2.05) is 6.92 Å². The van der Waals surface area contributed by atoms with Gasteiger partial charge in [0.25, 0.3) is 0 Å². The molecule has 1 rings (SSSR count). The SMILES string of the molecule is CCN(CCCN(C)C)c1ccc(CCl)c(C)n1. The number of nitrogens with zero attached hydrogens (tertiary/aromatic N) is 3. The topological polar surface area (TPSA) is 19.4 Å². The first-order valence-corrected chi connectivity index (χ1v) is 7.04. The average Bonchev–Trinajstić information content (AvgIpc) is 2.34. The predicted octanol–water partition coefficient (Wildman–Crippen LogP) is 2.91. The van der Waals surface area contributed by atoms with Crippen LogP contribution in [0.3, 0.4) is 0 Å². The van der Waals surface area contributed by atoms with Crippen molar-refractivity contribution in [2.24, 2.45) is 0 Å². The Kier molecular flexibility index (Phi) is 6.44. The Morgan fingerprint density at radius 2 is 1.94 bits per heavy atom. The Bertz CT molecular complexity index is 366. The molecular weight excluding hydrogens is 246 g/mol. The van der Waals surface area contributed by atoms with Crippen molar-refractivity contribution in [3.63, 3.8) is 0 Å². The second-order valence-corrected chi connectivity index (χ2v) is 5.05. The summed E-state index contributed by atoms with van der Waals surface area (Å²) in [6, 6.07) is 4.16. The Labute approximate surface area is 116 Å². The summed E-state index contributed by atoms with van der Waals surface area (Å²) in [4.78, 5) is 9.17. The lowest BCUT2D eigenvalue weighted by Gasteiger charge is -2.23. The third-order valence-corrected chi connectivity index (χ3v) is 3.35. The Morgan fingerprint density at radius 1 is 1.22 bits per heavy atom. The summed E-state index contributed by atoms with van der Waals surface area (Å²) in [5.74, 6) is 1.59. The van der Waals surface area contributed by atoms with Gasteiger partial charge in [0.1, 0.15) is 5.82 Å². The van der Waals surface area contributed by atoms with Gasteiger partial charge in [0.15, 0.2) is 0 Å². The molecule has 0 aliphatic carbocycles. The molecule has 0 saturated heterocycles. The van der Waals surface area contributed by atoms with Gasteiger partial charge in [-0.1, -0.05) is 6.07 Å². The second-order valence-electron chi connectivity index (χ2n) is 4.78. The molecule has 1 aromatic heterocycles. The molecule has 0 N–H and O–H groups in total. The van der Waals surface area contributed by atoms with Gasteiger partial charge in [0.05, 0.1) is 0 Å². The van der Waals surface area contributed by atoms with Crippen molar-refractivity contribution >= 4 is 17.4 Å². The number of rotatable bonds is 7. The average molecular weight is 270 g/mol. The molecule has 0 atom stereocenters. The van der Waals surface area contributed by atoms with Gasteiger partial charge in [-0.2, -0.15) is 0 Å². The first kappa shape index (κ1) is 15.3. The maximum atomic E-state index is 5.86. The number of pyridine rings is 1. The van der Waals surface area contributed by atoms with E-state index in [-0.39, 0.29) is 0 Å². The van der Waals surface area contributed by atoms with Crippen molar-refractivity contribution < 1.29 is 0 Å². The lowest BCUT2D eigenvalue weighted by atomic mass is 10.2. The van der Waals surface area contributed by atoms with Crippen LogP contribution in [-0.4, -0.2) is 43.6 Å². The van der Waals surface area contributed by atoms with Crippen molar-refractivity contribution in [1.29, 1.82) is 0 Å². The molecule has 0 aliphatic rings. The van der Waals surface area contributed by atoms with E-state index < -0.39 is 0 Å².